The number of aryl methyl sites for hydroxylation is 1. The van der Waals surface area contributed by atoms with Crippen LogP contribution in [0.5, 0.6) is 0 Å². The van der Waals surface area contributed by atoms with Gasteiger partial charge >= 0.3 is 12.1 Å². The van der Waals surface area contributed by atoms with Crippen LogP contribution in [0.1, 0.15) is 34.5 Å². The van der Waals surface area contributed by atoms with E-state index in [4.69, 9.17) is 4.74 Å². The fourth-order valence-electron chi connectivity index (χ4n) is 3.82. The van der Waals surface area contributed by atoms with Gasteiger partial charge in [0.25, 0.3) is 0 Å². The number of nitrogens with zero attached hydrogens (tertiary/aromatic N) is 3. The van der Waals surface area contributed by atoms with E-state index in [0.717, 1.165) is 24.1 Å². The average Bonchev–Trinajstić information content (AvgIpc) is 3.07. The number of nitrogens with one attached hydrogen (secondary N) is 1. The number of carboxylic acid groups (broad SMARTS) is 1. The van der Waals surface area contributed by atoms with Gasteiger partial charge in [-0.25, -0.2) is 9.59 Å². The van der Waals surface area contributed by atoms with Crippen molar-refractivity contribution in [1.29, 1.82) is 0 Å². The van der Waals surface area contributed by atoms with Crippen LogP contribution in [0.2, 0.25) is 0 Å². The number of carbonyl (C=O) groups excluding carboxylic acids is 1. The fraction of sp³-hybridized carbons (Fsp3) is 0.450. The third-order valence-electron chi connectivity index (χ3n) is 5.31. The predicted molar refractivity (Wildman–Crippen MR) is 103 cm³/mol. The molecule has 2 unspecified atom stereocenters. The van der Waals surface area contributed by atoms with Crippen molar-refractivity contribution < 1.29 is 19.4 Å². The number of amides is 1. The quantitative estimate of drug-likeness (QED) is 0.738. The number of benzene rings is 1. The van der Waals surface area contributed by atoms with Gasteiger partial charge in [-0.05, 0) is 24.8 Å². The van der Waals surface area contributed by atoms with Crippen LogP contribution in [-0.4, -0.2) is 57.6 Å². The number of aromatic nitrogens is 2. The summed E-state index contributed by atoms with van der Waals surface area (Å²) in [6.45, 7) is 0.939. The minimum absolute atomic E-state index is 0.0227. The molecule has 2 heterocycles. The third-order valence-corrected chi connectivity index (χ3v) is 5.31. The standard InChI is InChI=1S/C20H26N4O4/c1-23-18(15(12-22-23)19(25)28-2)13-21-16-9-6-10-24(20(26)27)17(16)11-14-7-4-3-5-8-14/h3-5,7-8,12,16-17,21H,6,9-11,13H2,1-2H3,(H,26,27). The second-order valence-corrected chi connectivity index (χ2v) is 6.98. The van der Waals surface area contributed by atoms with Gasteiger partial charge in [-0.1, -0.05) is 30.3 Å². The summed E-state index contributed by atoms with van der Waals surface area (Å²) in [6.07, 6.45) is 2.90. The topological polar surface area (TPSA) is 96.7 Å². The molecule has 1 aromatic heterocycles. The number of hydrogen-bond acceptors (Lipinski definition) is 5. The summed E-state index contributed by atoms with van der Waals surface area (Å²) in [4.78, 5) is 25.3. The van der Waals surface area contributed by atoms with Crippen molar-refractivity contribution in [1.82, 2.24) is 20.0 Å². The summed E-state index contributed by atoms with van der Waals surface area (Å²) in [6, 6.07) is 9.71. The molecule has 0 bridgehead atoms. The first-order valence-electron chi connectivity index (χ1n) is 9.37. The third kappa shape index (κ3) is 4.33. The molecule has 1 fully saturated rings. The van der Waals surface area contributed by atoms with Gasteiger partial charge in [0.2, 0.25) is 0 Å². The van der Waals surface area contributed by atoms with Crippen LogP contribution in [0.3, 0.4) is 0 Å². The number of esters is 1. The molecule has 1 amide bonds. The van der Waals surface area contributed by atoms with Crippen molar-refractivity contribution in [3.05, 3.63) is 53.3 Å². The van der Waals surface area contributed by atoms with Gasteiger partial charge in [-0.3, -0.25) is 4.68 Å². The van der Waals surface area contributed by atoms with E-state index in [1.54, 1.807) is 11.7 Å². The highest BCUT2D eigenvalue weighted by molar-refractivity contribution is 5.90. The highest BCUT2D eigenvalue weighted by Gasteiger charge is 2.34. The highest BCUT2D eigenvalue weighted by Crippen LogP contribution is 2.22. The zero-order chi connectivity index (χ0) is 20.1. The molecule has 0 spiro atoms. The lowest BCUT2D eigenvalue weighted by Gasteiger charge is -2.40. The molecule has 3 rings (SSSR count). The number of carbonyl (C=O) groups is 2. The van der Waals surface area contributed by atoms with Crippen LogP contribution in [0.4, 0.5) is 4.79 Å². The Morgan fingerprint density at radius 1 is 1.32 bits per heavy atom. The molecular weight excluding hydrogens is 360 g/mol. The molecule has 1 saturated heterocycles. The van der Waals surface area contributed by atoms with Crippen LogP contribution in [0, 0.1) is 0 Å². The molecule has 8 heteroatoms. The van der Waals surface area contributed by atoms with E-state index in [1.165, 1.54) is 18.2 Å². The molecule has 1 aliphatic rings. The molecule has 1 aromatic carbocycles. The number of hydrogen-bond donors (Lipinski definition) is 2. The summed E-state index contributed by atoms with van der Waals surface area (Å²) in [5.74, 6) is -0.429. The molecule has 0 aliphatic carbocycles. The van der Waals surface area contributed by atoms with Gasteiger partial charge in [0.1, 0.15) is 5.56 Å². The van der Waals surface area contributed by atoms with E-state index in [9.17, 15) is 14.7 Å². The Hall–Kier alpha value is -2.87. The normalized spacial score (nSPS) is 19.4. The zero-order valence-corrected chi connectivity index (χ0v) is 16.2. The highest BCUT2D eigenvalue weighted by atomic mass is 16.5. The SMILES string of the molecule is COC(=O)c1cnn(C)c1CNC1CCCN(C(=O)O)C1Cc1ccccc1. The zero-order valence-electron chi connectivity index (χ0n) is 16.2. The van der Waals surface area contributed by atoms with Crippen molar-refractivity contribution in [3.8, 4) is 0 Å². The van der Waals surface area contributed by atoms with E-state index >= 15 is 0 Å². The van der Waals surface area contributed by atoms with Crippen molar-refractivity contribution in [2.75, 3.05) is 13.7 Å². The van der Waals surface area contributed by atoms with Gasteiger partial charge in [0.05, 0.1) is 25.0 Å². The molecule has 0 saturated carbocycles. The lowest BCUT2D eigenvalue weighted by molar-refractivity contribution is 0.0599. The molecule has 1 aliphatic heterocycles. The first-order chi connectivity index (χ1) is 13.5. The average molecular weight is 386 g/mol. The number of likely N-dealkylation sites (tertiary alicyclic amines) is 1. The maximum Gasteiger partial charge on any atom is 0.407 e. The van der Waals surface area contributed by atoms with Crippen LogP contribution in [0.15, 0.2) is 36.5 Å². The Bertz CT molecular complexity index is 821. The van der Waals surface area contributed by atoms with Crippen molar-refractivity contribution >= 4 is 12.1 Å². The Balaban J connectivity index is 1.78. The summed E-state index contributed by atoms with van der Waals surface area (Å²) < 4.78 is 6.47. The maximum atomic E-state index is 12.0. The largest absolute Gasteiger partial charge is 0.465 e. The van der Waals surface area contributed by atoms with Crippen molar-refractivity contribution in [2.45, 2.75) is 37.9 Å². The summed E-state index contributed by atoms with van der Waals surface area (Å²) in [5.41, 5.74) is 2.24. The summed E-state index contributed by atoms with van der Waals surface area (Å²) in [7, 11) is 3.11. The van der Waals surface area contributed by atoms with Gasteiger partial charge in [0.15, 0.2) is 0 Å². The first kappa shape index (κ1) is 19.9. The number of rotatable bonds is 6. The second-order valence-electron chi connectivity index (χ2n) is 6.98. The van der Waals surface area contributed by atoms with E-state index in [-0.39, 0.29) is 12.1 Å². The molecule has 150 valence electrons. The van der Waals surface area contributed by atoms with Crippen LogP contribution < -0.4 is 5.32 Å². The lowest BCUT2D eigenvalue weighted by atomic mass is 9.91. The monoisotopic (exact) mass is 386 g/mol. The van der Waals surface area contributed by atoms with Crippen LogP contribution in [0.25, 0.3) is 0 Å². The van der Waals surface area contributed by atoms with Crippen LogP contribution >= 0.6 is 0 Å². The molecule has 2 aromatic rings. The molecule has 2 N–H and O–H groups in total. The number of methoxy groups -OCH3 is 1. The lowest BCUT2D eigenvalue weighted by Crippen LogP contribution is -2.56. The Kier molecular flexibility index (Phi) is 6.30. The Morgan fingerprint density at radius 3 is 2.75 bits per heavy atom. The fourth-order valence-corrected chi connectivity index (χ4v) is 3.82. The van der Waals surface area contributed by atoms with Gasteiger partial charge in [0, 0.05) is 26.2 Å². The van der Waals surface area contributed by atoms with Crippen molar-refractivity contribution in [3.63, 3.8) is 0 Å². The Morgan fingerprint density at radius 2 is 2.07 bits per heavy atom. The second kappa shape index (κ2) is 8.88. The van der Waals surface area contributed by atoms with E-state index in [2.05, 4.69) is 10.4 Å². The van der Waals surface area contributed by atoms with Crippen LogP contribution in [-0.2, 0) is 24.8 Å². The van der Waals surface area contributed by atoms with Gasteiger partial charge in [-0.2, -0.15) is 5.10 Å². The van der Waals surface area contributed by atoms with Gasteiger partial charge in [-0.15, -0.1) is 0 Å². The molecule has 28 heavy (non-hydrogen) atoms. The molecular formula is C20H26N4O4. The first-order valence-corrected chi connectivity index (χ1v) is 9.37. The van der Waals surface area contributed by atoms with E-state index in [1.807, 2.05) is 30.3 Å². The number of ether oxygens (including phenoxy) is 1. The van der Waals surface area contributed by atoms with Crippen molar-refractivity contribution in [2.24, 2.45) is 7.05 Å². The number of piperidine rings is 1. The molecule has 8 nitrogen and oxygen atoms in total. The summed E-state index contributed by atoms with van der Waals surface area (Å²) in [5, 5.41) is 17.3. The predicted octanol–water partition coefficient (Wildman–Crippen LogP) is 2.05. The summed E-state index contributed by atoms with van der Waals surface area (Å²) >= 11 is 0. The minimum atomic E-state index is -0.900. The van der Waals surface area contributed by atoms with E-state index in [0.29, 0.717) is 25.1 Å². The Labute approximate surface area is 164 Å². The molecule has 0 radical (unpaired) electrons. The molecule has 2 atom stereocenters. The minimum Gasteiger partial charge on any atom is -0.465 e. The smallest absolute Gasteiger partial charge is 0.407 e. The van der Waals surface area contributed by atoms with Gasteiger partial charge < -0.3 is 20.1 Å². The maximum absolute atomic E-state index is 12.0. The van der Waals surface area contributed by atoms with E-state index < -0.39 is 12.1 Å².